The summed E-state index contributed by atoms with van der Waals surface area (Å²) in [7, 11) is 4.13. The van der Waals surface area contributed by atoms with Crippen LogP contribution in [0.15, 0.2) is 6.07 Å². The van der Waals surface area contributed by atoms with E-state index in [2.05, 4.69) is 51.1 Å². The second kappa shape index (κ2) is 7.89. The van der Waals surface area contributed by atoms with E-state index in [1.807, 2.05) is 11.3 Å². The van der Waals surface area contributed by atoms with Gasteiger partial charge in [-0.05, 0) is 32.6 Å². The zero-order valence-corrected chi connectivity index (χ0v) is 13.1. The Labute approximate surface area is 115 Å². The van der Waals surface area contributed by atoms with Gasteiger partial charge in [0.1, 0.15) is 0 Å². The third-order valence-electron chi connectivity index (χ3n) is 2.70. The lowest BCUT2D eigenvalue weighted by atomic mass is 10.2. The number of aryl methyl sites for hydroxylation is 1. The monoisotopic (exact) mass is 270 g/mol. The zero-order valence-electron chi connectivity index (χ0n) is 12.2. The molecule has 4 heteroatoms. The third kappa shape index (κ3) is 5.96. The van der Waals surface area contributed by atoms with Crippen molar-refractivity contribution in [3.8, 4) is 0 Å². The minimum atomic E-state index is 0.534. The predicted octanol–water partition coefficient (Wildman–Crippen LogP) is 2.63. The van der Waals surface area contributed by atoms with Gasteiger partial charge in [0.05, 0.1) is 13.2 Å². The molecule has 0 aliphatic carbocycles. The summed E-state index contributed by atoms with van der Waals surface area (Å²) < 4.78 is 5.69. The quantitative estimate of drug-likeness (QED) is 0.735. The van der Waals surface area contributed by atoms with Crippen molar-refractivity contribution in [1.82, 2.24) is 10.2 Å². The summed E-state index contributed by atoms with van der Waals surface area (Å²) in [6, 6.07) is 2.80. The van der Waals surface area contributed by atoms with E-state index in [1.54, 1.807) is 0 Å². The van der Waals surface area contributed by atoms with Crippen molar-refractivity contribution in [3.63, 3.8) is 0 Å². The van der Waals surface area contributed by atoms with Crippen LogP contribution < -0.4 is 5.32 Å². The van der Waals surface area contributed by atoms with Gasteiger partial charge in [0.25, 0.3) is 0 Å². The van der Waals surface area contributed by atoms with Gasteiger partial charge in [-0.1, -0.05) is 13.8 Å². The summed E-state index contributed by atoms with van der Waals surface area (Å²) >= 11 is 1.87. The molecule has 0 unspecified atom stereocenters. The molecule has 1 aromatic heterocycles. The summed E-state index contributed by atoms with van der Waals surface area (Å²) in [5.74, 6) is 0. The van der Waals surface area contributed by atoms with Gasteiger partial charge in [-0.25, -0.2) is 0 Å². The molecule has 1 aromatic rings. The molecular weight excluding hydrogens is 244 g/mol. The van der Waals surface area contributed by atoms with Crippen LogP contribution in [0.5, 0.6) is 0 Å². The Balaban J connectivity index is 2.36. The van der Waals surface area contributed by atoms with Crippen molar-refractivity contribution < 1.29 is 4.74 Å². The van der Waals surface area contributed by atoms with Crippen LogP contribution in [0.3, 0.4) is 0 Å². The van der Waals surface area contributed by atoms with E-state index in [0.717, 1.165) is 26.3 Å². The number of rotatable bonds is 8. The fourth-order valence-electron chi connectivity index (χ4n) is 1.55. The first-order chi connectivity index (χ1) is 8.49. The number of hydrogen-bond acceptors (Lipinski definition) is 4. The summed E-state index contributed by atoms with van der Waals surface area (Å²) in [6.07, 6.45) is 0. The molecule has 3 nitrogen and oxygen atoms in total. The SMILES string of the molecule is Cc1sc(CNC(C)C)cc1COCCN(C)C. The standard InChI is InChI=1S/C14H26N2OS/c1-11(2)15-9-14-8-13(12(3)18-14)10-17-7-6-16(4)5/h8,11,15H,6-7,9-10H2,1-5H3. The molecule has 1 heterocycles. The van der Waals surface area contributed by atoms with Gasteiger partial charge in [0.15, 0.2) is 0 Å². The van der Waals surface area contributed by atoms with Crippen molar-refractivity contribution in [1.29, 1.82) is 0 Å². The highest BCUT2D eigenvalue weighted by Gasteiger charge is 2.06. The average Bonchev–Trinajstić information content (AvgIpc) is 2.63. The second-order valence-corrected chi connectivity index (χ2v) is 6.53. The maximum atomic E-state index is 5.69. The Morgan fingerprint density at radius 3 is 2.72 bits per heavy atom. The van der Waals surface area contributed by atoms with Gasteiger partial charge in [-0.3, -0.25) is 0 Å². The fourth-order valence-corrected chi connectivity index (χ4v) is 2.55. The van der Waals surface area contributed by atoms with Crippen LogP contribution in [0.1, 0.15) is 29.2 Å². The van der Waals surface area contributed by atoms with E-state index in [1.165, 1.54) is 15.3 Å². The maximum Gasteiger partial charge on any atom is 0.0728 e. The Morgan fingerprint density at radius 2 is 2.11 bits per heavy atom. The van der Waals surface area contributed by atoms with Gasteiger partial charge in [-0.2, -0.15) is 0 Å². The van der Waals surface area contributed by atoms with Gasteiger partial charge in [0.2, 0.25) is 0 Å². The summed E-state index contributed by atoms with van der Waals surface area (Å²) in [5.41, 5.74) is 1.33. The highest BCUT2D eigenvalue weighted by molar-refractivity contribution is 7.12. The molecule has 0 saturated carbocycles. The smallest absolute Gasteiger partial charge is 0.0728 e. The first kappa shape index (κ1) is 15.6. The molecular formula is C14H26N2OS. The van der Waals surface area contributed by atoms with Gasteiger partial charge in [0, 0.05) is 28.9 Å². The van der Waals surface area contributed by atoms with Crippen LogP contribution in [0.25, 0.3) is 0 Å². The molecule has 1 N–H and O–H groups in total. The minimum Gasteiger partial charge on any atom is -0.375 e. The number of ether oxygens (including phenoxy) is 1. The number of nitrogens with one attached hydrogen (secondary N) is 1. The number of likely N-dealkylation sites (N-methyl/N-ethyl adjacent to an activating group) is 1. The molecule has 104 valence electrons. The highest BCUT2D eigenvalue weighted by Crippen LogP contribution is 2.22. The van der Waals surface area contributed by atoms with E-state index < -0.39 is 0 Å². The Morgan fingerprint density at radius 1 is 1.39 bits per heavy atom. The van der Waals surface area contributed by atoms with Crippen molar-refractivity contribution in [3.05, 3.63) is 21.4 Å². The molecule has 0 saturated heterocycles. The summed E-state index contributed by atoms with van der Waals surface area (Å²) in [4.78, 5) is 4.91. The molecule has 0 amide bonds. The highest BCUT2D eigenvalue weighted by atomic mass is 32.1. The molecule has 0 bridgehead atoms. The van der Waals surface area contributed by atoms with Crippen LogP contribution in [0.2, 0.25) is 0 Å². The summed E-state index contributed by atoms with van der Waals surface area (Å²) in [5, 5.41) is 3.45. The van der Waals surface area contributed by atoms with Crippen LogP contribution in [-0.4, -0.2) is 38.2 Å². The largest absolute Gasteiger partial charge is 0.375 e. The Bertz CT molecular complexity index is 348. The Hall–Kier alpha value is -0.420. The van der Waals surface area contributed by atoms with Crippen LogP contribution in [0, 0.1) is 6.92 Å². The molecule has 0 fully saturated rings. The molecule has 0 atom stereocenters. The van der Waals surface area contributed by atoms with Crippen molar-refractivity contribution in [2.45, 2.75) is 40.0 Å². The maximum absolute atomic E-state index is 5.69. The van der Waals surface area contributed by atoms with E-state index >= 15 is 0 Å². The van der Waals surface area contributed by atoms with E-state index in [9.17, 15) is 0 Å². The van der Waals surface area contributed by atoms with Crippen LogP contribution in [-0.2, 0) is 17.9 Å². The Kier molecular flexibility index (Phi) is 6.86. The zero-order chi connectivity index (χ0) is 13.5. The molecule has 0 spiro atoms. The van der Waals surface area contributed by atoms with E-state index in [-0.39, 0.29) is 0 Å². The van der Waals surface area contributed by atoms with E-state index in [0.29, 0.717) is 6.04 Å². The minimum absolute atomic E-state index is 0.534. The molecule has 0 aliphatic rings. The van der Waals surface area contributed by atoms with Crippen molar-refractivity contribution in [2.75, 3.05) is 27.2 Å². The average molecular weight is 270 g/mol. The molecule has 0 aliphatic heterocycles. The van der Waals surface area contributed by atoms with Crippen LogP contribution in [0.4, 0.5) is 0 Å². The van der Waals surface area contributed by atoms with Crippen LogP contribution >= 0.6 is 11.3 Å². The van der Waals surface area contributed by atoms with Gasteiger partial charge >= 0.3 is 0 Å². The molecule has 18 heavy (non-hydrogen) atoms. The first-order valence-corrected chi connectivity index (χ1v) is 7.34. The van der Waals surface area contributed by atoms with Crippen molar-refractivity contribution in [2.24, 2.45) is 0 Å². The lowest BCUT2D eigenvalue weighted by molar-refractivity contribution is 0.105. The predicted molar refractivity (Wildman–Crippen MR) is 79.2 cm³/mol. The van der Waals surface area contributed by atoms with E-state index in [4.69, 9.17) is 4.74 Å². The van der Waals surface area contributed by atoms with Gasteiger partial charge in [-0.15, -0.1) is 11.3 Å². The number of thiophene rings is 1. The van der Waals surface area contributed by atoms with Crippen molar-refractivity contribution >= 4 is 11.3 Å². The lowest BCUT2D eigenvalue weighted by Crippen LogP contribution is -2.21. The molecule has 0 aromatic carbocycles. The summed E-state index contributed by atoms with van der Waals surface area (Å²) in [6.45, 7) is 9.98. The van der Waals surface area contributed by atoms with Gasteiger partial charge < -0.3 is 15.0 Å². The third-order valence-corrected chi connectivity index (χ3v) is 3.79. The first-order valence-electron chi connectivity index (χ1n) is 6.53. The second-order valence-electron chi connectivity index (χ2n) is 5.19. The fraction of sp³-hybridized carbons (Fsp3) is 0.714. The topological polar surface area (TPSA) is 24.5 Å². The lowest BCUT2D eigenvalue weighted by Gasteiger charge is -2.09. The number of hydrogen-bond donors (Lipinski definition) is 1. The molecule has 0 radical (unpaired) electrons. The molecule has 1 rings (SSSR count). The number of nitrogens with zero attached hydrogens (tertiary/aromatic N) is 1. The normalized spacial score (nSPS) is 11.7.